The van der Waals surface area contributed by atoms with Crippen LogP contribution in [0.2, 0.25) is 0 Å². The summed E-state index contributed by atoms with van der Waals surface area (Å²) in [6, 6.07) is 11.6. The molecular formula is C22H22N4O4S. The molecule has 0 amide bonds. The second kappa shape index (κ2) is 8.16. The lowest BCUT2D eigenvalue weighted by molar-refractivity contribution is 0.0593. The zero-order valence-electron chi connectivity index (χ0n) is 17.6. The Labute approximate surface area is 180 Å². The van der Waals surface area contributed by atoms with E-state index in [9.17, 15) is 18.5 Å². The molecule has 9 heteroatoms. The van der Waals surface area contributed by atoms with Crippen LogP contribution in [-0.4, -0.2) is 26.1 Å². The van der Waals surface area contributed by atoms with E-state index in [-0.39, 0.29) is 21.8 Å². The Morgan fingerprint density at radius 2 is 1.71 bits per heavy atom. The molecule has 3 aromatic rings. The number of rotatable bonds is 5. The van der Waals surface area contributed by atoms with E-state index < -0.39 is 16.0 Å². The van der Waals surface area contributed by atoms with Crippen LogP contribution in [0.25, 0.3) is 5.69 Å². The number of aromatic nitrogens is 1. The minimum atomic E-state index is -3.84. The van der Waals surface area contributed by atoms with Crippen LogP contribution in [0.3, 0.4) is 0 Å². The number of methoxy groups -OCH3 is 1. The van der Waals surface area contributed by atoms with Crippen molar-refractivity contribution < 1.29 is 17.9 Å². The first-order valence-corrected chi connectivity index (χ1v) is 10.8. The molecule has 0 saturated carbocycles. The van der Waals surface area contributed by atoms with E-state index in [0.717, 1.165) is 16.7 Å². The Morgan fingerprint density at radius 1 is 1.13 bits per heavy atom. The molecule has 0 aliphatic heterocycles. The van der Waals surface area contributed by atoms with Crippen molar-refractivity contribution in [3.8, 4) is 11.8 Å². The van der Waals surface area contributed by atoms with Crippen LogP contribution < -0.4 is 10.5 Å². The summed E-state index contributed by atoms with van der Waals surface area (Å²) in [5.41, 5.74) is 9.71. The fourth-order valence-electron chi connectivity index (χ4n) is 3.44. The predicted octanol–water partition coefficient (Wildman–Crippen LogP) is 3.44. The minimum Gasteiger partial charge on any atom is -0.464 e. The smallest absolute Gasteiger partial charge is 0.357 e. The summed E-state index contributed by atoms with van der Waals surface area (Å²) in [7, 11) is -2.63. The highest BCUT2D eigenvalue weighted by Gasteiger charge is 2.22. The van der Waals surface area contributed by atoms with Crippen molar-refractivity contribution in [1.29, 1.82) is 5.26 Å². The van der Waals surface area contributed by atoms with Gasteiger partial charge in [-0.05, 0) is 56.2 Å². The number of ether oxygens (including phenoxy) is 1. The summed E-state index contributed by atoms with van der Waals surface area (Å²) >= 11 is 0. The zero-order valence-corrected chi connectivity index (χ0v) is 18.4. The summed E-state index contributed by atoms with van der Waals surface area (Å²) in [6.07, 6.45) is 1.41. The highest BCUT2D eigenvalue weighted by molar-refractivity contribution is 7.92. The van der Waals surface area contributed by atoms with Crippen molar-refractivity contribution in [2.75, 3.05) is 17.6 Å². The maximum Gasteiger partial charge on any atom is 0.357 e. The molecule has 0 atom stereocenters. The number of hydrogen-bond donors (Lipinski definition) is 2. The summed E-state index contributed by atoms with van der Waals surface area (Å²) in [5, 5.41) is 9.23. The third-order valence-corrected chi connectivity index (χ3v) is 6.25. The van der Waals surface area contributed by atoms with Gasteiger partial charge in [0.1, 0.15) is 6.07 Å². The van der Waals surface area contributed by atoms with Gasteiger partial charge in [0.25, 0.3) is 10.0 Å². The van der Waals surface area contributed by atoms with Crippen molar-refractivity contribution in [3.63, 3.8) is 0 Å². The molecule has 0 saturated heterocycles. The number of hydrogen-bond acceptors (Lipinski definition) is 6. The molecule has 31 heavy (non-hydrogen) atoms. The van der Waals surface area contributed by atoms with Gasteiger partial charge in [-0.2, -0.15) is 5.26 Å². The number of benzene rings is 2. The third-order valence-electron chi connectivity index (χ3n) is 4.88. The van der Waals surface area contributed by atoms with Gasteiger partial charge >= 0.3 is 5.97 Å². The number of nitrogens with two attached hydrogens (primary N) is 1. The van der Waals surface area contributed by atoms with Crippen molar-refractivity contribution >= 4 is 27.4 Å². The first kappa shape index (κ1) is 21.9. The van der Waals surface area contributed by atoms with E-state index in [1.807, 2.05) is 39.0 Å². The fourth-order valence-corrected chi connectivity index (χ4v) is 4.64. The Hall–Kier alpha value is -3.77. The molecule has 0 aliphatic carbocycles. The van der Waals surface area contributed by atoms with Crippen LogP contribution in [0.4, 0.5) is 11.4 Å². The molecule has 3 N–H and O–H groups in total. The molecule has 0 aliphatic rings. The predicted molar refractivity (Wildman–Crippen MR) is 118 cm³/mol. The number of nitrogens with one attached hydrogen (secondary N) is 1. The Morgan fingerprint density at radius 3 is 2.23 bits per heavy atom. The third kappa shape index (κ3) is 4.11. The molecule has 0 radical (unpaired) electrons. The normalized spacial score (nSPS) is 11.1. The number of esters is 1. The molecule has 0 bridgehead atoms. The fraction of sp³-hybridized carbons (Fsp3) is 0.182. The second-order valence-electron chi connectivity index (χ2n) is 7.15. The average Bonchev–Trinajstić information content (AvgIpc) is 3.06. The molecule has 1 aromatic heterocycles. The molecule has 0 unspecified atom stereocenters. The van der Waals surface area contributed by atoms with Gasteiger partial charge in [-0.3, -0.25) is 4.72 Å². The average molecular weight is 439 g/mol. The summed E-state index contributed by atoms with van der Waals surface area (Å²) in [5.74, 6) is -0.706. The number of nitrogen functional groups attached to an aromatic ring is 1. The number of carbonyl (C=O) groups excluding carboxylic acids is 1. The van der Waals surface area contributed by atoms with Gasteiger partial charge in [-0.25, -0.2) is 13.2 Å². The van der Waals surface area contributed by atoms with Crippen molar-refractivity contribution in [1.82, 2.24) is 4.57 Å². The quantitative estimate of drug-likeness (QED) is 0.588. The van der Waals surface area contributed by atoms with Gasteiger partial charge < -0.3 is 15.0 Å². The molecular weight excluding hydrogens is 416 g/mol. The van der Waals surface area contributed by atoms with Crippen LogP contribution in [0.5, 0.6) is 0 Å². The Bertz CT molecular complexity index is 1290. The summed E-state index contributed by atoms with van der Waals surface area (Å²) in [4.78, 5) is 12.2. The van der Waals surface area contributed by atoms with E-state index in [0.29, 0.717) is 11.4 Å². The Kier molecular flexibility index (Phi) is 5.77. The summed E-state index contributed by atoms with van der Waals surface area (Å²) < 4.78 is 34.6. The van der Waals surface area contributed by atoms with Gasteiger partial charge in [-0.1, -0.05) is 17.7 Å². The van der Waals surface area contributed by atoms with Crippen LogP contribution in [0.1, 0.15) is 32.7 Å². The lowest BCUT2D eigenvalue weighted by Gasteiger charge is -2.15. The minimum absolute atomic E-state index is 0.00122. The van der Waals surface area contributed by atoms with E-state index >= 15 is 0 Å². The molecule has 8 nitrogen and oxygen atoms in total. The number of anilines is 2. The SMILES string of the molecule is COC(=O)c1c(N)c(C#N)cn1-c1ccc(S(=O)(=O)Nc2c(C)cc(C)cc2C)cc1. The lowest BCUT2D eigenvalue weighted by atomic mass is 10.1. The lowest BCUT2D eigenvalue weighted by Crippen LogP contribution is -2.15. The first-order valence-electron chi connectivity index (χ1n) is 9.29. The monoisotopic (exact) mass is 438 g/mol. The van der Waals surface area contributed by atoms with Crippen LogP contribution in [0.15, 0.2) is 47.5 Å². The maximum atomic E-state index is 12.9. The first-order chi connectivity index (χ1) is 14.6. The van der Waals surface area contributed by atoms with Gasteiger partial charge in [-0.15, -0.1) is 0 Å². The van der Waals surface area contributed by atoms with Crippen molar-refractivity contribution in [3.05, 3.63) is 70.5 Å². The van der Waals surface area contributed by atoms with Crippen molar-refractivity contribution in [2.24, 2.45) is 0 Å². The number of sulfonamides is 1. The van der Waals surface area contributed by atoms with E-state index in [1.54, 1.807) is 0 Å². The number of nitriles is 1. The zero-order chi connectivity index (χ0) is 22.9. The van der Waals surface area contributed by atoms with Gasteiger partial charge in [0.05, 0.1) is 28.9 Å². The molecule has 3 rings (SSSR count). The molecule has 1 heterocycles. The molecule has 160 valence electrons. The standard InChI is InChI=1S/C22H22N4O4S/c1-13-9-14(2)20(15(3)10-13)25-31(28,29)18-7-5-17(6-8-18)26-12-16(11-23)19(24)21(26)22(27)30-4/h5-10,12,25H,24H2,1-4H3. The maximum absolute atomic E-state index is 12.9. The van der Waals surface area contributed by atoms with Gasteiger partial charge in [0, 0.05) is 11.9 Å². The Balaban J connectivity index is 1.99. The highest BCUT2D eigenvalue weighted by Crippen LogP contribution is 2.27. The molecule has 0 spiro atoms. The number of carbonyl (C=O) groups is 1. The van der Waals surface area contributed by atoms with E-state index in [1.165, 1.54) is 42.1 Å². The van der Waals surface area contributed by atoms with E-state index in [2.05, 4.69) is 4.72 Å². The summed E-state index contributed by atoms with van der Waals surface area (Å²) in [6.45, 7) is 5.64. The molecule has 2 aromatic carbocycles. The van der Waals surface area contributed by atoms with Crippen LogP contribution in [-0.2, 0) is 14.8 Å². The molecule has 0 fully saturated rings. The van der Waals surface area contributed by atoms with Gasteiger partial charge in [0.2, 0.25) is 0 Å². The van der Waals surface area contributed by atoms with Crippen molar-refractivity contribution in [2.45, 2.75) is 25.7 Å². The topological polar surface area (TPSA) is 127 Å². The highest BCUT2D eigenvalue weighted by atomic mass is 32.2. The second-order valence-corrected chi connectivity index (χ2v) is 8.83. The largest absolute Gasteiger partial charge is 0.464 e. The van der Waals surface area contributed by atoms with Crippen LogP contribution in [0, 0.1) is 32.1 Å². The van der Waals surface area contributed by atoms with Crippen LogP contribution >= 0.6 is 0 Å². The van der Waals surface area contributed by atoms with Gasteiger partial charge in [0.15, 0.2) is 5.69 Å². The number of aryl methyl sites for hydroxylation is 3. The number of nitrogens with zero attached hydrogens (tertiary/aromatic N) is 2. The van der Waals surface area contributed by atoms with E-state index in [4.69, 9.17) is 10.5 Å².